The number of hydrogen-bond donors (Lipinski definition) is 0. The van der Waals surface area contributed by atoms with Crippen molar-refractivity contribution in [2.75, 3.05) is 14.1 Å². The molecule has 1 aromatic carbocycles. The molecule has 0 bridgehead atoms. The maximum absolute atomic E-state index is 4.29. The summed E-state index contributed by atoms with van der Waals surface area (Å²) in [5, 5.41) is 0. The number of amidine groups is 1. The van der Waals surface area contributed by atoms with E-state index in [9.17, 15) is 0 Å². The van der Waals surface area contributed by atoms with E-state index >= 15 is 0 Å². The third-order valence-electron chi connectivity index (χ3n) is 2.20. The molecule has 0 amide bonds. The van der Waals surface area contributed by atoms with Crippen molar-refractivity contribution in [2.45, 2.75) is 13.8 Å². The predicted molar refractivity (Wildman–Crippen MR) is 66.1 cm³/mol. The van der Waals surface area contributed by atoms with Gasteiger partial charge in [-0.3, -0.25) is 0 Å². The minimum absolute atomic E-state index is 0.937. The van der Waals surface area contributed by atoms with Crippen molar-refractivity contribution in [1.29, 1.82) is 0 Å². The number of nitrogens with zero attached hydrogens (tertiary/aromatic N) is 3. The number of rotatable bonds is 2. The fraction of sp³-hybridized carbons (Fsp3) is 0.333. The van der Waals surface area contributed by atoms with E-state index in [1.807, 2.05) is 57.1 Å². The molecule has 0 unspecified atom stereocenters. The fourth-order valence-electron chi connectivity index (χ4n) is 0.998. The molecule has 0 heterocycles. The van der Waals surface area contributed by atoms with E-state index < -0.39 is 0 Å². The number of para-hydroxylation sites is 1. The molecule has 3 heteroatoms. The van der Waals surface area contributed by atoms with Gasteiger partial charge in [-0.05, 0) is 25.5 Å². The minimum Gasteiger partial charge on any atom is -0.366 e. The molecule has 0 aromatic heterocycles. The lowest BCUT2D eigenvalue weighted by Gasteiger charge is -2.08. The van der Waals surface area contributed by atoms with Crippen molar-refractivity contribution < 1.29 is 0 Å². The highest BCUT2D eigenvalue weighted by molar-refractivity contribution is 5.87. The highest BCUT2D eigenvalue weighted by Crippen LogP contribution is 2.15. The Hall–Kier alpha value is -1.64. The second-order valence-corrected chi connectivity index (χ2v) is 3.60. The Morgan fingerprint density at radius 3 is 2.53 bits per heavy atom. The molecule has 0 saturated heterocycles. The first kappa shape index (κ1) is 11.4. The van der Waals surface area contributed by atoms with Crippen LogP contribution in [0.1, 0.15) is 12.5 Å². The molecule has 0 aliphatic carbocycles. The largest absolute Gasteiger partial charge is 0.366 e. The van der Waals surface area contributed by atoms with Crippen molar-refractivity contribution in [2.24, 2.45) is 9.98 Å². The van der Waals surface area contributed by atoms with Crippen LogP contribution in [0.15, 0.2) is 34.3 Å². The smallest absolute Gasteiger partial charge is 0.118 e. The molecule has 0 fully saturated rings. The molecule has 1 aromatic rings. The van der Waals surface area contributed by atoms with E-state index in [1.165, 1.54) is 0 Å². The molecule has 1 rings (SSSR count). The Kier molecular flexibility index (Phi) is 4.03. The second kappa shape index (κ2) is 5.29. The van der Waals surface area contributed by atoms with Crippen LogP contribution < -0.4 is 0 Å². The Morgan fingerprint density at radius 1 is 1.27 bits per heavy atom. The lowest BCUT2D eigenvalue weighted by atomic mass is 10.2. The highest BCUT2D eigenvalue weighted by atomic mass is 15.1. The predicted octanol–water partition coefficient (Wildman–Crippen LogP) is 2.63. The summed E-state index contributed by atoms with van der Waals surface area (Å²) in [6.45, 7) is 3.99. The molecule has 3 nitrogen and oxygen atoms in total. The van der Waals surface area contributed by atoms with Gasteiger partial charge in [-0.15, -0.1) is 0 Å². The molecular formula is C12H17N3. The van der Waals surface area contributed by atoms with Crippen molar-refractivity contribution in [3.8, 4) is 0 Å². The van der Waals surface area contributed by atoms with Crippen LogP contribution in [0.2, 0.25) is 0 Å². The van der Waals surface area contributed by atoms with E-state index in [0.717, 1.165) is 17.1 Å². The maximum Gasteiger partial charge on any atom is 0.118 e. The van der Waals surface area contributed by atoms with Crippen molar-refractivity contribution in [1.82, 2.24) is 4.90 Å². The first-order chi connectivity index (χ1) is 7.11. The van der Waals surface area contributed by atoms with Crippen LogP contribution in [0, 0.1) is 6.92 Å². The summed E-state index contributed by atoms with van der Waals surface area (Å²) in [4.78, 5) is 10.4. The third kappa shape index (κ3) is 3.54. The monoisotopic (exact) mass is 203 g/mol. The van der Waals surface area contributed by atoms with E-state index in [-0.39, 0.29) is 0 Å². The summed E-state index contributed by atoms with van der Waals surface area (Å²) in [6, 6.07) is 7.99. The Morgan fingerprint density at radius 2 is 1.93 bits per heavy atom. The quantitative estimate of drug-likeness (QED) is 0.536. The molecule has 0 atom stereocenters. The van der Waals surface area contributed by atoms with Crippen LogP contribution >= 0.6 is 0 Å². The van der Waals surface area contributed by atoms with Crippen LogP contribution in [-0.2, 0) is 0 Å². The Labute approximate surface area is 91.2 Å². The number of aryl methyl sites for hydroxylation is 1. The van der Waals surface area contributed by atoms with Gasteiger partial charge in [0.1, 0.15) is 12.2 Å². The first-order valence-corrected chi connectivity index (χ1v) is 4.91. The molecule has 0 spiro atoms. The molecule has 80 valence electrons. The zero-order valence-corrected chi connectivity index (χ0v) is 9.73. The lowest BCUT2D eigenvalue weighted by molar-refractivity contribution is 0.620. The SMILES string of the molecule is CC(=NC=Nc1ccccc1C)N(C)C. The van der Waals surface area contributed by atoms with Crippen molar-refractivity contribution >= 4 is 17.9 Å². The van der Waals surface area contributed by atoms with Gasteiger partial charge < -0.3 is 4.90 Å². The van der Waals surface area contributed by atoms with E-state index in [0.29, 0.717) is 0 Å². The molecule has 0 aliphatic heterocycles. The summed E-state index contributed by atoms with van der Waals surface area (Å²) >= 11 is 0. The van der Waals surface area contributed by atoms with Gasteiger partial charge in [0.15, 0.2) is 0 Å². The van der Waals surface area contributed by atoms with Crippen molar-refractivity contribution in [3.63, 3.8) is 0 Å². The van der Waals surface area contributed by atoms with Crippen LogP contribution in [0.4, 0.5) is 5.69 Å². The van der Waals surface area contributed by atoms with Crippen LogP contribution in [0.3, 0.4) is 0 Å². The maximum atomic E-state index is 4.29. The summed E-state index contributed by atoms with van der Waals surface area (Å²) < 4.78 is 0. The molecule has 0 radical (unpaired) electrons. The summed E-state index contributed by atoms with van der Waals surface area (Å²) in [6.07, 6.45) is 1.59. The van der Waals surface area contributed by atoms with E-state index in [4.69, 9.17) is 0 Å². The second-order valence-electron chi connectivity index (χ2n) is 3.60. The summed E-state index contributed by atoms with van der Waals surface area (Å²) in [5.74, 6) is 0.937. The van der Waals surface area contributed by atoms with Gasteiger partial charge in [0.25, 0.3) is 0 Å². The Balaban J connectivity index is 2.75. The minimum atomic E-state index is 0.937. The summed E-state index contributed by atoms with van der Waals surface area (Å²) in [7, 11) is 3.92. The normalized spacial score (nSPS) is 12.1. The van der Waals surface area contributed by atoms with Gasteiger partial charge in [-0.2, -0.15) is 0 Å². The molecule has 0 N–H and O–H groups in total. The Bertz CT molecular complexity index is 378. The van der Waals surface area contributed by atoms with Gasteiger partial charge in [0, 0.05) is 14.1 Å². The van der Waals surface area contributed by atoms with Gasteiger partial charge in [-0.1, -0.05) is 18.2 Å². The fourth-order valence-corrected chi connectivity index (χ4v) is 0.998. The van der Waals surface area contributed by atoms with Gasteiger partial charge in [0.05, 0.1) is 5.69 Å². The standard InChI is InChI=1S/C12H17N3/c1-10-7-5-6-8-12(10)14-9-13-11(2)15(3)4/h5-9H,1-4H3. The summed E-state index contributed by atoms with van der Waals surface area (Å²) in [5.41, 5.74) is 2.12. The lowest BCUT2D eigenvalue weighted by Crippen LogP contribution is -2.18. The number of benzene rings is 1. The van der Waals surface area contributed by atoms with Gasteiger partial charge >= 0.3 is 0 Å². The van der Waals surface area contributed by atoms with Crippen LogP contribution in [0.25, 0.3) is 0 Å². The van der Waals surface area contributed by atoms with E-state index in [1.54, 1.807) is 6.34 Å². The number of aliphatic imine (C=N–C) groups is 2. The first-order valence-electron chi connectivity index (χ1n) is 4.91. The van der Waals surface area contributed by atoms with Crippen molar-refractivity contribution in [3.05, 3.63) is 29.8 Å². The molecule has 15 heavy (non-hydrogen) atoms. The third-order valence-corrected chi connectivity index (χ3v) is 2.20. The zero-order valence-electron chi connectivity index (χ0n) is 9.73. The van der Waals surface area contributed by atoms with Crippen LogP contribution in [0.5, 0.6) is 0 Å². The number of hydrogen-bond acceptors (Lipinski definition) is 1. The molecular weight excluding hydrogens is 186 g/mol. The van der Waals surface area contributed by atoms with Crippen LogP contribution in [-0.4, -0.2) is 31.2 Å². The molecule has 0 aliphatic rings. The van der Waals surface area contributed by atoms with Gasteiger partial charge in [-0.25, -0.2) is 9.98 Å². The van der Waals surface area contributed by atoms with Gasteiger partial charge in [0.2, 0.25) is 0 Å². The zero-order chi connectivity index (χ0) is 11.3. The average Bonchev–Trinajstić information content (AvgIpc) is 2.20. The average molecular weight is 203 g/mol. The highest BCUT2D eigenvalue weighted by Gasteiger charge is 1.92. The topological polar surface area (TPSA) is 28.0 Å². The molecule has 0 saturated carbocycles. The van der Waals surface area contributed by atoms with E-state index in [2.05, 4.69) is 9.98 Å².